The van der Waals surface area contributed by atoms with E-state index in [1.807, 2.05) is 30.3 Å². The fraction of sp³-hybridized carbons (Fsp3) is 0.350. The fourth-order valence-corrected chi connectivity index (χ4v) is 3.39. The predicted octanol–water partition coefficient (Wildman–Crippen LogP) is 2.18. The van der Waals surface area contributed by atoms with E-state index >= 15 is 0 Å². The van der Waals surface area contributed by atoms with E-state index in [1.165, 1.54) is 11.1 Å². The van der Waals surface area contributed by atoms with Crippen LogP contribution in [-0.2, 0) is 17.6 Å². The number of fused-ring (bicyclic) bond motifs is 2. The Labute approximate surface area is 147 Å². The molecule has 2 heterocycles. The van der Waals surface area contributed by atoms with Crippen molar-refractivity contribution in [2.75, 3.05) is 37.7 Å². The first kappa shape index (κ1) is 16.0. The molecular formula is C20H22N2O3. The number of rotatable bonds is 4. The van der Waals surface area contributed by atoms with Gasteiger partial charge < -0.3 is 19.7 Å². The molecule has 0 atom stereocenters. The van der Waals surface area contributed by atoms with Crippen LogP contribution in [0.15, 0.2) is 42.5 Å². The highest BCUT2D eigenvalue weighted by Gasteiger charge is 2.27. The summed E-state index contributed by atoms with van der Waals surface area (Å²) >= 11 is 0. The van der Waals surface area contributed by atoms with E-state index in [2.05, 4.69) is 17.4 Å². The zero-order valence-electron chi connectivity index (χ0n) is 14.2. The number of benzene rings is 2. The molecule has 5 nitrogen and oxygen atoms in total. The molecule has 0 bridgehead atoms. The van der Waals surface area contributed by atoms with Crippen LogP contribution in [0.2, 0.25) is 0 Å². The molecule has 25 heavy (non-hydrogen) atoms. The minimum Gasteiger partial charge on any atom is -0.492 e. The van der Waals surface area contributed by atoms with Crippen molar-refractivity contribution in [1.82, 2.24) is 5.32 Å². The number of para-hydroxylation sites is 1. The number of carbonyl (C=O) groups is 1. The molecule has 2 aliphatic rings. The van der Waals surface area contributed by atoms with Crippen LogP contribution in [0.1, 0.15) is 11.1 Å². The maximum absolute atomic E-state index is 12.4. The first-order chi connectivity index (χ1) is 12.3. The predicted molar refractivity (Wildman–Crippen MR) is 96.5 cm³/mol. The highest BCUT2D eigenvalue weighted by molar-refractivity contribution is 5.98. The van der Waals surface area contributed by atoms with Crippen molar-refractivity contribution in [1.29, 1.82) is 0 Å². The third-order valence-corrected chi connectivity index (χ3v) is 4.69. The van der Waals surface area contributed by atoms with Gasteiger partial charge in [0.05, 0.1) is 12.2 Å². The maximum Gasteiger partial charge on any atom is 0.265 e. The molecule has 4 rings (SSSR count). The zero-order chi connectivity index (χ0) is 17.1. The number of nitrogens with one attached hydrogen (secondary N) is 1. The van der Waals surface area contributed by atoms with Crippen LogP contribution >= 0.6 is 0 Å². The van der Waals surface area contributed by atoms with E-state index in [0.29, 0.717) is 13.2 Å². The molecular weight excluding hydrogens is 316 g/mol. The molecule has 0 fully saturated rings. The standard InChI is InChI=1S/C20H22N2O3/c23-20-14-25-19-13-16-7-9-21-8-6-15(16)12-18(19)22(20)10-11-24-17-4-2-1-3-5-17/h1-5,12-13,21H,6-11,14H2. The molecule has 0 saturated heterocycles. The van der Waals surface area contributed by atoms with Gasteiger partial charge in [0.1, 0.15) is 18.1 Å². The Hall–Kier alpha value is -2.53. The van der Waals surface area contributed by atoms with E-state index in [-0.39, 0.29) is 12.5 Å². The number of amides is 1. The largest absolute Gasteiger partial charge is 0.492 e. The first-order valence-corrected chi connectivity index (χ1v) is 8.79. The van der Waals surface area contributed by atoms with Crippen molar-refractivity contribution in [3.63, 3.8) is 0 Å². The quantitative estimate of drug-likeness (QED) is 0.928. The van der Waals surface area contributed by atoms with E-state index in [4.69, 9.17) is 9.47 Å². The van der Waals surface area contributed by atoms with Crippen LogP contribution in [0, 0.1) is 0 Å². The van der Waals surface area contributed by atoms with Crippen molar-refractivity contribution in [2.24, 2.45) is 0 Å². The van der Waals surface area contributed by atoms with Crippen molar-refractivity contribution in [3.8, 4) is 11.5 Å². The SMILES string of the molecule is O=C1COc2cc3c(cc2N1CCOc1ccccc1)CCNCC3. The van der Waals surface area contributed by atoms with E-state index in [9.17, 15) is 4.79 Å². The highest BCUT2D eigenvalue weighted by Crippen LogP contribution is 2.35. The minimum absolute atomic E-state index is 0.0177. The van der Waals surface area contributed by atoms with Gasteiger partial charge in [-0.2, -0.15) is 0 Å². The lowest BCUT2D eigenvalue weighted by atomic mass is 10.0. The van der Waals surface area contributed by atoms with E-state index < -0.39 is 0 Å². The molecule has 1 N–H and O–H groups in total. The summed E-state index contributed by atoms with van der Waals surface area (Å²) in [6.07, 6.45) is 1.97. The summed E-state index contributed by atoms with van der Waals surface area (Å²) in [7, 11) is 0. The van der Waals surface area contributed by atoms with E-state index in [0.717, 1.165) is 43.1 Å². The zero-order valence-corrected chi connectivity index (χ0v) is 14.2. The molecule has 2 aromatic rings. The van der Waals surface area contributed by atoms with Crippen LogP contribution in [-0.4, -0.2) is 38.8 Å². The molecule has 2 aliphatic heterocycles. The molecule has 130 valence electrons. The lowest BCUT2D eigenvalue weighted by molar-refractivity contribution is -0.121. The average molecular weight is 338 g/mol. The lowest BCUT2D eigenvalue weighted by Crippen LogP contribution is -2.41. The summed E-state index contributed by atoms with van der Waals surface area (Å²) in [5.41, 5.74) is 3.49. The summed E-state index contributed by atoms with van der Waals surface area (Å²) < 4.78 is 11.4. The third kappa shape index (κ3) is 3.46. The summed E-state index contributed by atoms with van der Waals surface area (Å²) in [5.74, 6) is 1.60. The molecule has 0 aromatic heterocycles. The Morgan fingerprint density at radius 2 is 1.84 bits per heavy atom. The van der Waals surface area contributed by atoms with Gasteiger partial charge in [0, 0.05) is 0 Å². The number of carbonyl (C=O) groups excluding carboxylic acids is 1. The molecule has 2 aromatic carbocycles. The Morgan fingerprint density at radius 1 is 1.08 bits per heavy atom. The Kier molecular flexibility index (Phi) is 4.57. The van der Waals surface area contributed by atoms with Gasteiger partial charge in [0.2, 0.25) is 0 Å². The van der Waals surface area contributed by atoms with Crippen LogP contribution < -0.4 is 19.7 Å². The van der Waals surface area contributed by atoms with Crippen LogP contribution in [0.5, 0.6) is 11.5 Å². The maximum atomic E-state index is 12.4. The molecule has 0 unspecified atom stereocenters. The summed E-state index contributed by atoms with van der Waals surface area (Å²) in [5, 5.41) is 3.42. The lowest BCUT2D eigenvalue weighted by Gasteiger charge is -2.30. The minimum atomic E-state index is -0.0177. The number of hydrogen-bond acceptors (Lipinski definition) is 4. The number of ether oxygens (including phenoxy) is 2. The van der Waals surface area contributed by atoms with Gasteiger partial charge in [-0.05, 0) is 61.3 Å². The normalized spacial score (nSPS) is 16.5. The molecule has 1 amide bonds. The number of anilines is 1. The fourth-order valence-electron chi connectivity index (χ4n) is 3.39. The van der Waals surface area contributed by atoms with Gasteiger partial charge in [-0.25, -0.2) is 0 Å². The highest BCUT2D eigenvalue weighted by atomic mass is 16.5. The third-order valence-electron chi connectivity index (χ3n) is 4.69. The second-order valence-electron chi connectivity index (χ2n) is 6.33. The van der Waals surface area contributed by atoms with Crippen LogP contribution in [0.25, 0.3) is 0 Å². The van der Waals surface area contributed by atoms with E-state index in [1.54, 1.807) is 4.90 Å². The van der Waals surface area contributed by atoms with Gasteiger partial charge in [-0.1, -0.05) is 18.2 Å². The van der Waals surface area contributed by atoms with Crippen LogP contribution in [0.4, 0.5) is 5.69 Å². The van der Waals surface area contributed by atoms with Crippen LogP contribution in [0.3, 0.4) is 0 Å². The topological polar surface area (TPSA) is 50.8 Å². The van der Waals surface area contributed by atoms with Crippen molar-refractivity contribution in [3.05, 3.63) is 53.6 Å². The molecule has 0 aliphatic carbocycles. The number of hydrogen-bond donors (Lipinski definition) is 1. The Bertz CT molecular complexity index is 761. The van der Waals surface area contributed by atoms with Gasteiger partial charge in [-0.15, -0.1) is 0 Å². The Balaban J connectivity index is 1.53. The second kappa shape index (κ2) is 7.15. The van der Waals surface area contributed by atoms with Crippen molar-refractivity contribution < 1.29 is 14.3 Å². The number of nitrogens with zero attached hydrogens (tertiary/aromatic N) is 1. The van der Waals surface area contributed by atoms with Gasteiger partial charge in [-0.3, -0.25) is 4.79 Å². The molecule has 0 radical (unpaired) electrons. The first-order valence-electron chi connectivity index (χ1n) is 8.79. The molecule has 0 spiro atoms. The summed E-state index contributed by atoms with van der Waals surface area (Å²) in [6.45, 7) is 3.02. The van der Waals surface area contributed by atoms with Crippen molar-refractivity contribution in [2.45, 2.75) is 12.8 Å². The van der Waals surface area contributed by atoms with Gasteiger partial charge >= 0.3 is 0 Å². The molecule has 0 saturated carbocycles. The average Bonchev–Trinajstić information content (AvgIpc) is 2.88. The summed E-state index contributed by atoms with van der Waals surface area (Å²) in [4.78, 5) is 14.2. The molecule has 5 heteroatoms. The van der Waals surface area contributed by atoms with Gasteiger partial charge in [0.25, 0.3) is 5.91 Å². The summed E-state index contributed by atoms with van der Waals surface area (Å²) in [6, 6.07) is 13.9. The second-order valence-corrected chi connectivity index (χ2v) is 6.33. The van der Waals surface area contributed by atoms with Gasteiger partial charge in [0.15, 0.2) is 6.61 Å². The Morgan fingerprint density at radius 3 is 2.64 bits per heavy atom. The monoisotopic (exact) mass is 338 g/mol. The van der Waals surface area contributed by atoms with Crippen molar-refractivity contribution >= 4 is 11.6 Å². The smallest absolute Gasteiger partial charge is 0.265 e.